The fourth-order valence-corrected chi connectivity index (χ4v) is 5.07. The van der Waals surface area contributed by atoms with Crippen LogP contribution in [0.2, 0.25) is 0 Å². The molecule has 10 heteroatoms. The molecule has 0 aliphatic heterocycles. The number of carbonyl (C=O) groups is 1. The maximum Gasteiger partial charge on any atom is 0.251 e. The maximum atomic E-state index is 12.5. The van der Waals surface area contributed by atoms with Crippen molar-refractivity contribution in [1.29, 1.82) is 0 Å². The summed E-state index contributed by atoms with van der Waals surface area (Å²) in [4.78, 5) is 23.4. The van der Waals surface area contributed by atoms with Crippen molar-refractivity contribution in [3.63, 3.8) is 0 Å². The second-order valence-corrected chi connectivity index (χ2v) is 10.2. The number of benzene rings is 1. The van der Waals surface area contributed by atoms with Gasteiger partial charge in [0.25, 0.3) is 5.91 Å². The van der Waals surface area contributed by atoms with E-state index in [0.717, 1.165) is 24.2 Å². The van der Waals surface area contributed by atoms with Crippen LogP contribution in [0.15, 0.2) is 24.4 Å². The number of nitrogen functional groups attached to an aromatic ring is 1. The summed E-state index contributed by atoms with van der Waals surface area (Å²) in [7, 11) is 5.55. The molecule has 0 bridgehead atoms. The number of hydrogen-bond acceptors (Lipinski definition) is 8. The fraction of sp³-hybridized carbons (Fsp3) is 0.520. The number of nitrogens with zero attached hydrogens (tertiary/aromatic N) is 5. The van der Waals surface area contributed by atoms with Gasteiger partial charge in [-0.1, -0.05) is 6.07 Å². The number of amides is 1. The summed E-state index contributed by atoms with van der Waals surface area (Å²) in [6.45, 7) is 2.68. The van der Waals surface area contributed by atoms with Crippen LogP contribution in [0.5, 0.6) is 5.75 Å². The average molecular weight is 479 g/mol. The van der Waals surface area contributed by atoms with E-state index in [9.17, 15) is 4.79 Å². The molecule has 186 valence electrons. The van der Waals surface area contributed by atoms with Gasteiger partial charge >= 0.3 is 0 Å². The number of anilines is 2. The number of methoxy groups -OCH3 is 1. The van der Waals surface area contributed by atoms with Crippen LogP contribution in [-0.2, 0) is 6.54 Å². The largest absolute Gasteiger partial charge is 0.496 e. The van der Waals surface area contributed by atoms with Crippen molar-refractivity contribution in [1.82, 2.24) is 30.0 Å². The molecule has 2 aliphatic carbocycles. The summed E-state index contributed by atoms with van der Waals surface area (Å²) in [6, 6.07) is 5.48. The second-order valence-electron chi connectivity index (χ2n) is 10.2. The van der Waals surface area contributed by atoms with Gasteiger partial charge in [-0.15, -0.1) is 0 Å². The summed E-state index contributed by atoms with van der Waals surface area (Å²) < 4.78 is 7.48. The number of nitrogens with two attached hydrogens (primary N) is 1. The standard InChI is InChI=1S/C25H34N8O2/c1-32(2)9-8-27-23(34)17-4-5-18(20(10-17)35-3)15-33-21-19(14-29-33)30-24(26)31-22(21)28-13-16-11-25(12-16)6-7-25/h4-5,10,14,16H,6-9,11-13,15H2,1-3H3,(H,27,34)(H3,26,28,30,31). The average Bonchev–Trinajstić information content (AvgIpc) is 3.51. The van der Waals surface area contributed by atoms with E-state index in [-0.39, 0.29) is 11.9 Å². The lowest BCUT2D eigenvalue weighted by Gasteiger charge is -2.36. The normalized spacial score (nSPS) is 16.5. The fourth-order valence-electron chi connectivity index (χ4n) is 5.07. The number of ether oxygens (including phenoxy) is 1. The molecule has 0 saturated heterocycles. The molecule has 10 nitrogen and oxygen atoms in total. The van der Waals surface area contributed by atoms with E-state index in [4.69, 9.17) is 10.5 Å². The molecule has 2 aliphatic rings. The Morgan fingerprint density at radius 1 is 1.29 bits per heavy atom. The number of likely N-dealkylation sites (N-methyl/N-ethyl adjacent to an activating group) is 1. The van der Waals surface area contributed by atoms with E-state index >= 15 is 0 Å². The van der Waals surface area contributed by atoms with Gasteiger partial charge in [0.1, 0.15) is 16.8 Å². The Bertz CT molecular complexity index is 1230. The first kappa shape index (κ1) is 23.3. The Kier molecular flexibility index (Phi) is 6.22. The van der Waals surface area contributed by atoms with Gasteiger partial charge in [-0.05, 0) is 63.2 Å². The zero-order chi connectivity index (χ0) is 24.6. The molecule has 4 N–H and O–H groups in total. The van der Waals surface area contributed by atoms with Gasteiger partial charge in [0.05, 0.1) is 19.9 Å². The predicted molar refractivity (Wildman–Crippen MR) is 136 cm³/mol. The molecule has 5 rings (SSSR count). The molecule has 2 aromatic heterocycles. The van der Waals surface area contributed by atoms with Crippen molar-refractivity contribution >= 4 is 28.7 Å². The van der Waals surface area contributed by atoms with Crippen molar-refractivity contribution in [2.24, 2.45) is 11.3 Å². The molecule has 2 saturated carbocycles. The summed E-state index contributed by atoms with van der Waals surface area (Å²) >= 11 is 0. The first-order chi connectivity index (χ1) is 16.9. The first-order valence-corrected chi connectivity index (χ1v) is 12.2. The Balaban J connectivity index is 1.33. The van der Waals surface area contributed by atoms with E-state index in [0.29, 0.717) is 47.1 Å². The zero-order valence-corrected chi connectivity index (χ0v) is 20.7. The van der Waals surface area contributed by atoms with Gasteiger partial charge in [0, 0.05) is 30.8 Å². The van der Waals surface area contributed by atoms with Crippen molar-refractivity contribution in [3.05, 3.63) is 35.5 Å². The Hall–Kier alpha value is -3.40. The molecular formula is C25H34N8O2. The molecule has 1 amide bonds. The molecule has 0 unspecified atom stereocenters. The molecule has 0 radical (unpaired) electrons. The minimum absolute atomic E-state index is 0.124. The SMILES string of the molecule is COc1cc(C(=O)NCCN(C)C)ccc1Cn1ncc2nc(N)nc(NCC3CC4(CC4)C3)c21. The molecule has 1 aromatic carbocycles. The highest BCUT2D eigenvalue weighted by atomic mass is 16.5. The smallest absolute Gasteiger partial charge is 0.251 e. The molecule has 1 spiro atoms. The van der Waals surface area contributed by atoms with Crippen LogP contribution in [0, 0.1) is 11.3 Å². The quantitative estimate of drug-likeness (QED) is 0.406. The Morgan fingerprint density at radius 2 is 2.09 bits per heavy atom. The minimum Gasteiger partial charge on any atom is -0.496 e. The van der Waals surface area contributed by atoms with Crippen LogP contribution in [0.25, 0.3) is 11.0 Å². The van der Waals surface area contributed by atoms with Crippen molar-refractivity contribution in [2.75, 3.05) is 51.9 Å². The highest BCUT2D eigenvalue weighted by molar-refractivity contribution is 5.94. The van der Waals surface area contributed by atoms with Crippen LogP contribution in [0.3, 0.4) is 0 Å². The van der Waals surface area contributed by atoms with Crippen LogP contribution in [0.1, 0.15) is 41.6 Å². The number of fused-ring (bicyclic) bond motifs is 1. The third-order valence-corrected chi connectivity index (χ3v) is 7.18. The number of rotatable bonds is 10. The maximum absolute atomic E-state index is 12.5. The first-order valence-electron chi connectivity index (χ1n) is 12.2. The van der Waals surface area contributed by atoms with Gasteiger partial charge in [0.2, 0.25) is 5.95 Å². The highest BCUT2D eigenvalue weighted by Gasteiger charge is 2.52. The molecule has 2 fully saturated rings. The number of aromatic nitrogens is 4. The number of carbonyl (C=O) groups excluding carboxylic acids is 1. The molecule has 2 heterocycles. The van der Waals surface area contributed by atoms with Crippen molar-refractivity contribution in [3.8, 4) is 5.75 Å². The third-order valence-electron chi connectivity index (χ3n) is 7.18. The molecule has 3 aromatic rings. The lowest BCUT2D eigenvalue weighted by atomic mass is 9.72. The lowest BCUT2D eigenvalue weighted by molar-refractivity contribution is 0.0950. The van der Waals surface area contributed by atoms with Crippen LogP contribution in [-0.4, -0.2) is 71.4 Å². The van der Waals surface area contributed by atoms with Crippen LogP contribution >= 0.6 is 0 Å². The van der Waals surface area contributed by atoms with Crippen LogP contribution < -0.4 is 21.1 Å². The van der Waals surface area contributed by atoms with E-state index in [2.05, 4.69) is 25.7 Å². The van der Waals surface area contributed by atoms with Gasteiger partial charge in [0.15, 0.2) is 5.82 Å². The Labute approximate surface area is 205 Å². The number of nitrogens with one attached hydrogen (secondary N) is 2. The zero-order valence-electron chi connectivity index (χ0n) is 20.7. The van der Waals surface area contributed by atoms with E-state index in [1.807, 2.05) is 35.8 Å². The minimum atomic E-state index is -0.124. The van der Waals surface area contributed by atoms with Gasteiger partial charge in [-0.25, -0.2) is 4.98 Å². The molecule has 35 heavy (non-hydrogen) atoms. The van der Waals surface area contributed by atoms with Crippen molar-refractivity contribution < 1.29 is 9.53 Å². The van der Waals surface area contributed by atoms with Gasteiger partial charge in [-0.3, -0.25) is 9.48 Å². The van der Waals surface area contributed by atoms with Crippen molar-refractivity contribution in [2.45, 2.75) is 32.2 Å². The molecule has 0 atom stereocenters. The summed E-state index contributed by atoms with van der Waals surface area (Å²) in [6.07, 6.45) is 7.09. The monoisotopic (exact) mass is 478 g/mol. The van der Waals surface area contributed by atoms with Crippen LogP contribution in [0.4, 0.5) is 11.8 Å². The lowest BCUT2D eigenvalue weighted by Crippen LogP contribution is -2.31. The topological polar surface area (TPSA) is 123 Å². The molecular weight excluding hydrogens is 444 g/mol. The van der Waals surface area contributed by atoms with Gasteiger partial charge in [-0.2, -0.15) is 10.1 Å². The summed E-state index contributed by atoms with van der Waals surface area (Å²) in [5, 5.41) is 11.0. The number of hydrogen-bond donors (Lipinski definition) is 3. The summed E-state index contributed by atoms with van der Waals surface area (Å²) in [5.74, 6) is 2.12. The summed E-state index contributed by atoms with van der Waals surface area (Å²) in [5.41, 5.74) is 9.61. The predicted octanol–water partition coefficient (Wildman–Crippen LogP) is 2.36. The highest BCUT2D eigenvalue weighted by Crippen LogP contribution is 2.63. The Morgan fingerprint density at radius 3 is 2.80 bits per heavy atom. The second kappa shape index (κ2) is 9.33. The van der Waals surface area contributed by atoms with E-state index < -0.39 is 0 Å². The third kappa shape index (κ3) is 5.02. The van der Waals surface area contributed by atoms with E-state index in [1.54, 1.807) is 19.4 Å². The van der Waals surface area contributed by atoms with Gasteiger partial charge < -0.3 is 26.0 Å². The van der Waals surface area contributed by atoms with E-state index in [1.165, 1.54) is 25.7 Å².